The van der Waals surface area contributed by atoms with Crippen LogP contribution in [-0.2, 0) is 20.2 Å². The Kier molecular flexibility index (Phi) is 7.70. The molecule has 3 aromatic rings. The molecule has 0 bridgehead atoms. The van der Waals surface area contributed by atoms with Gasteiger partial charge in [0.25, 0.3) is 0 Å². The maximum atomic E-state index is 5.99. The van der Waals surface area contributed by atoms with E-state index in [1.165, 1.54) is 5.56 Å². The van der Waals surface area contributed by atoms with Crippen LogP contribution in [0, 0.1) is 0 Å². The normalized spacial score (nSPS) is 10.8. The second-order valence-electron chi connectivity index (χ2n) is 6.10. The van der Waals surface area contributed by atoms with Gasteiger partial charge in [-0.3, -0.25) is 0 Å². The van der Waals surface area contributed by atoms with Gasteiger partial charge in [0.2, 0.25) is 5.16 Å². The van der Waals surface area contributed by atoms with E-state index in [1.54, 1.807) is 23.6 Å². The molecule has 2 N–H and O–H groups in total. The molecular formula is C19H23BrN5O2S+. The predicted octanol–water partition coefficient (Wildman–Crippen LogP) is 2.42. The number of ether oxygens (including phenoxy) is 2. The Balaban J connectivity index is 1.52. The molecule has 1 aromatic heterocycles. The first kappa shape index (κ1) is 20.6. The van der Waals surface area contributed by atoms with Gasteiger partial charge in [0.15, 0.2) is 11.5 Å². The number of aromatic nitrogens is 4. The third-order valence-electron chi connectivity index (χ3n) is 4.03. The van der Waals surface area contributed by atoms with Crippen molar-refractivity contribution in [3.63, 3.8) is 0 Å². The molecule has 0 fully saturated rings. The molecule has 0 spiro atoms. The fraction of sp³-hybridized carbons (Fsp3) is 0.316. The zero-order valence-corrected chi connectivity index (χ0v) is 18.2. The van der Waals surface area contributed by atoms with Crippen LogP contribution in [0.15, 0.2) is 52.1 Å². The molecule has 0 atom stereocenters. The van der Waals surface area contributed by atoms with Crippen molar-refractivity contribution in [3.05, 3.63) is 58.1 Å². The smallest absolute Gasteiger partial charge is 0.209 e. The van der Waals surface area contributed by atoms with Crippen LogP contribution in [0.2, 0.25) is 0 Å². The number of rotatable bonds is 10. The minimum absolute atomic E-state index is 0.495. The lowest BCUT2D eigenvalue weighted by Crippen LogP contribution is -2.83. The monoisotopic (exact) mass is 464 g/mol. The van der Waals surface area contributed by atoms with Crippen LogP contribution in [0.4, 0.5) is 0 Å². The maximum absolute atomic E-state index is 5.99. The van der Waals surface area contributed by atoms with E-state index in [9.17, 15) is 0 Å². The van der Waals surface area contributed by atoms with Crippen molar-refractivity contribution in [2.24, 2.45) is 7.05 Å². The largest absolute Gasteiger partial charge is 0.493 e. The maximum Gasteiger partial charge on any atom is 0.209 e. The lowest BCUT2D eigenvalue weighted by Gasteiger charge is -2.14. The van der Waals surface area contributed by atoms with Crippen LogP contribution < -0.4 is 14.8 Å². The third kappa shape index (κ3) is 5.70. The van der Waals surface area contributed by atoms with Crippen LogP contribution in [0.25, 0.3) is 0 Å². The number of quaternary nitrogens is 1. The summed E-state index contributed by atoms with van der Waals surface area (Å²) in [6.45, 7) is 2.31. The number of thioether (sulfide) groups is 1. The van der Waals surface area contributed by atoms with Crippen molar-refractivity contribution in [1.29, 1.82) is 0 Å². The van der Waals surface area contributed by atoms with Crippen LogP contribution >= 0.6 is 27.7 Å². The second-order valence-corrected chi connectivity index (χ2v) is 8.01. The molecule has 0 unspecified atom stereocenters. The summed E-state index contributed by atoms with van der Waals surface area (Å²) in [5.41, 5.74) is 2.28. The van der Waals surface area contributed by atoms with Crippen LogP contribution in [-0.4, -0.2) is 39.6 Å². The first-order valence-electron chi connectivity index (χ1n) is 8.87. The Morgan fingerprint density at radius 1 is 1.18 bits per heavy atom. The van der Waals surface area contributed by atoms with Gasteiger partial charge in [0, 0.05) is 12.6 Å². The first-order chi connectivity index (χ1) is 13.7. The van der Waals surface area contributed by atoms with E-state index in [0.717, 1.165) is 45.5 Å². The summed E-state index contributed by atoms with van der Waals surface area (Å²) < 4.78 is 14.1. The van der Waals surface area contributed by atoms with E-state index in [2.05, 4.69) is 42.8 Å². The van der Waals surface area contributed by atoms with Gasteiger partial charge in [-0.2, -0.15) is 0 Å². The Labute approximate surface area is 176 Å². The zero-order valence-electron chi connectivity index (χ0n) is 15.8. The second kappa shape index (κ2) is 10.4. The molecule has 0 amide bonds. The van der Waals surface area contributed by atoms with Gasteiger partial charge in [0.1, 0.15) is 13.2 Å². The highest BCUT2D eigenvalue weighted by Gasteiger charge is 2.13. The molecule has 7 nitrogen and oxygen atoms in total. The van der Waals surface area contributed by atoms with Crippen molar-refractivity contribution in [3.8, 4) is 11.5 Å². The number of aryl methyl sites for hydroxylation is 1. The molecule has 0 aliphatic heterocycles. The summed E-state index contributed by atoms with van der Waals surface area (Å²) in [7, 11) is 3.51. The Morgan fingerprint density at radius 2 is 2.00 bits per heavy atom. The minimum atomic E-state index is 0.495. The van der Waals surface area contributed by atoms with Gasteiger partial charge in [0.05, 0.1) is 23.9 Å². The van der Waals surface area contributed by atoms with Gasteiger partial charge >= 0.3 is 0 Å². The van der Waals surface area contributed by atoms with Crippen molar-refractivity contribution in [2.75, 3.05) is 19.4 Å². The molecule has 9 heteroatoms. The molecular weight excluding hydrogens is 442 g/mol. The quantitative estimate of drug-likeness (QED) is 0.366. The number of nitrogens with two attached hydrogens (primary N) is 1. The number of benzene rings is 2. The number of halogens is 1. The van der Waals surface area contributed by atoms with E-state index < -0.39 is 0 Å². The number of hydrogen-bond acceptors (Lipinski definition) is 6. The summed E-state index contributed by atoms with van der Waals surface area (Å²) in [4.78, 5) is 0. The third-order valence-corrected chi connectivity index (χ3v) is 5.66. The molecule has 3 rings (SSSR count). The fourth-order valence-corrected chi connectivity index (χ4v) is 4.00. The van der Waals surface area contributed by atoms with E-state index >= 15 is 0 Å². The molecule has 0 saturated carbocycles. The number of hydrogen-bond donors (Lipinski definition) is 1. The molecule has 148 valence electrons. The molecule has 0 radical (unpaired) electrons. The minimum Gasteiger partial charge on any atom is -0.493 e. The average molecular weight is 465 g/mol. The first-order valence-corrected chi connectivity index (χ1v) is 10.6. The molecule has 0 aliphatic carbocycles. The summed E-state index contributed by atoms with van der Waals surface area (Å²) in [5, 5.41) is 14.5. The van der Waals surface area contributed by atoms with E-state index in [-0.39, 0.29) is 0 Å². The average Bonchev–Trinajstić information content (AvgIpc) is 3.12. The number of methoxy groups -OCH3 is 1. The number of tetrazole rings is 1. The molecule has 28 heavy (non-hydrogen) atoms. The Morgan fingerprint density at radius 3 is 2.71 bits per heavy atom. The molecule has 0 aliphatic rings. The summed E-state index contributed by atoms with van der Waals surface area (Å²) in [6, 6.07) is 14.2. The Hall–Kier alpha value is -2.10. The van der Waals surface area contributed by atoms with Crippen molar-refractivity contribution in [1.82, 2.24) is 20.2 Å². The van der Waals surface area contributed by atoms with Gasteiger partial charge in [-0.15, -0.1) is 5.10 Å². The molecule has 0 saturated heterocycles. The van der Waals surface area contributed by atoms with E-state index in [1.807, 2.05) is 43.4 Å². The summed E-state index contributed by atoms with van der Waals surface area (Å²) >= 11 is 5.27. The van der Waals surface area contributed by atoms with Crippen LogP contribution in [0.1, 0.15) is 11.1 Å². The van der Waals surface area contributed by atoms with Gasteiger partial charge < -0.3 is 14.8 Å². The lowest BCUT2D eigenvalue weighted by molar-refractivity contribution is -0.666. The Bertz CT molecular complexity index is 891. The standard InChI is InChI=1S/C19H22BrN5O2S/c1-25-19(22-23-24-25)28-9-8-21-12-15-10-16(20)18(17(11-15)26-2)27-13-14-6-4-3-5-7-14/h3-7,10-11,21H,8-9,12-13H2,1-2H3/p+1. The molecule has 2 aromatic carbocycles. The van der Waals surface area contributed by atoms with E-state index in [0.29, 0.717) is 6.61 Å². The van der Waals surface area contributed by atoms with E-state index in [4.69, 9.17) is 9.47 Å². The highest BCUT2D eigenvalue weighted by Crippen LogP contribution is 2.37. The van der Waals surface area contributed by atoms with Gasteiger partial charge in [-0.05, 0) is 44.1 Å². The van der Waals surface area contributed by atoms with Crippen molar-refractivity contribution in [2.45, 2.75) is 18.3 Å². The summed E-state index contributed by atoms with van der Waals surface area (Å²) in [5.74, 6) is 2.39. The highest BCUT2D eigenvalue weighted by molar-refractivity contribution is 9.10. The lowest BCUT2D eigenvalue weighted by atomic mass is 10.2. The number of nitrogens with zero attached hydrogens (tertiary/aromatic N) is 4. The van der Waals surface area contributed by atoms with Crippen LogP contribution in [0.3, 0.4) is 0 Å². The topological polar surface area (TPSA) is 78.7 Å². The van der Waals surface area contributed by atoms with Crippen LogP contribution in [0.5, 0.6) is 11.5 Å². The van der Waals surface area contributed by atoms with Gasteiger partial charge in [-0.25, -0.2) is 4.68 Å². The zero-order chi connectivity index (χ0) is 19.8. The fourth-order valence-electron chi connectivity index (χ4n) is 2.61. The molecule has 1 heterocycles. The van der Waals surface area contributed by atoms with Gasteiger partial charge in [-0.1, -0.05) is 42.1 Å². The van der Waals surface area contributed by atoms with Crippen molar-refractivity contribution >= 4 is 27.7 Å². The summed E-state index contributed by atoms with van der Waals surface area (Å²) in [6.07, 6.45) is 0. The highest BCUT2D eigenvalue weighted by atomic mass is 79.9. The SMILES string of the molecule is COc1cc(C[NH2+]CCSc2nnnn2C)cc(Br)c1OCc1ccccc1. The van der Waals surface area contributed by atoms with Crippen molar-refractivity contribution < 1.29 is 14.8 Å². The predicted molar refractivity (Wildman–Crippen MR) is 111 cm³/mol.